The number of ether oxygens (including phenoxy) is 1. The zero-order valence-electron chi connectivity index (χ0n) is 11.6. The van der Waals surface area contributed by atoms with Gasteiger partial charge in [-0.15, -0.1) is 22.7 Å². The highest BCUT2D eigenvalue weighted by Crippen LogP contribution is 2.37. The van der Waals surface area contributed by atoms with Crippen LogP contribution in [-0.4, -0.2) is 5.97 Å². The Balaban J connectivity index is 1.75. The van der Waals surface area contributed by atoms with E-state index in [1.165, 1.54) is 20.5 Å². The van der Waals surface area contributed by atoms with Gasteiger partial charge in [0.25, 0.3) is 0 Å². The van der Waals surface area contributed by atoms with Gasteiger partial charge in [-0.05, 0) is 54.6 Å². The van der Waals surface area contributed by atoms with Gasteiger partial charge in [-0.3, -0.25) is 0 Å². The van der Waals surface area contributed by atoms with E-state index in [0.717, 1.165) is 4.88 Å². The van der Waals surface area contributed by atoms with Crippen LogP contribution < -0.4 is 0 Å². The van der Waals surface area contributed by atoms with E-state index in [-0.39, 0.29) is 5.97 Å². The fourth-order valence-corrected chi connectivity index (χ4v) is 4.82. The van der Waals surface area contributed by atoms with Crippen LogP contribution in [0, 0.1) is 13.8 Å². The van der Waals surface area contributed by atoms with Crippen LogP contribution in [0.2, 0.25) is 5.02 Å². The standard InChI is InChI=1S/C16H13ClO2S2/c1-9-8-20-16-14(9)10(2)13(21-16)7-19-15(18)11-3-5-12(17)6-4-11/h3-6,8H,7H2,1-2H3. The fraction of sp³-hybridized carbons (Fsp3) is 0.188. The highest BCUT2D eigenvalue weighted by atomic mass is 35.5. The number of fused-ring (bicyclic) bond motifs is 1. The second-order valence-electron chi connectivity index (χ2n) is 4.81. The molecule has 2 aromatic heterocycles. The number of aryl methyl sites for hydroxylation is 2. The molecule has 5 heteroatoms. The first kappa shape index (κ1) is 14.6. The summed E-state index contributed by atoms with van der Waals surface area (Å²) in [6.45, 7) is 4.52. The van der Waals surface area contributed by atoms with E-state index in [9.17, 15) is 4.79 Å². The van der Waals surface area contributed by atoms with Crippen LogP contribution in [0.1, 0.15) is 26.4 Å². The van der Waals surface area contributed by atoms with Gasteiger partial charge < -0.3 is 4.74 Å². The second kappa shape index (κ2) is 5.79. The van der Waals surface area contributed by atoms with E-state index in [4.69, 9.17) is 16.3 Å². The predicted octanol–water partition coefficient (Wildman–Crippen LogP) is 5.59. The second-order valence-corrected chi connectivity index (χ2v) is 7.49. The summed E-state index contributed by atoms with van der Waals surface area (Å²) in [4.78, 5) is 13.1. The molecule has 0 radical (unpaired) electrons. The molecular formula is C16H13ClO2S2. The van der Waals surface area contributed by atoms with Gasteiger partial charge in [0.15, 0.2) is 0 Å². The highest BCUT2D eigenvalue weighted by molar-refractivity contribution is 7.37. The van der Waals surface area contributed by atoms with Crippen molar-refractivity contribution in [2.75, 3.05) is 0 Å². The zero-order valence-corrected chi connectivity index (χ0v) is 14.0. The zero-order chi connectivity index (χ0) is 15.0. The molecule has 108 valence electrons. The van der Waals surface area contributed by atoms with Crippen LogP contribution in [0.5, 0.6) is 0 Å². The Labute approximate surface area is 135 Å². The summed E-state index contributed by atoms with van der Waals surface area (Å²) in [6.07, 6.45) is 0. The van der Waals surface area contributed by atoms with Gasteiger partial charge in [0, 0.05) is 15.3 Å². The van der Waals surface area contributed by atoms with Gasteiger partial charge >= 0.3 is 5.97 Å². The Hall–Kier alpha value is -1.36. The van der Waals surface area contributed by atoms with Crippen molar-refractivity contribution in [2.45, 2.75) is 20.5 Å². The minimum atomic E-state index is -0.320. The van der Waals surface area contributed by atoms with Crippen molar-refractivity contribution in [2.24, 2.45) is 0 Å². The summed E-state index contributed by atoms with van der Waals surface area (Å²) < 4.78 is 6.70. The average molecular weight is 337 g/mol. The minimum absolute atomic E-state index is 0.318. The number of hydrogen-bond donors (Lipinski definition) is 0. The van der Waals surface area contributed by atoms with Crippen LogP contribution in [0.25, 0.3) is 9.40 Å². The fourth-order valence-electron chi connectivity index (χ4n) is 2.21. The Morgan fingerprint density at radius 2 is 1.95 bits per heavy atom. The number of benzene rings is 1. The summed E-state index contributed by atoms with van der Waals surface area (Å²) >= 11 is 9.26. The van der Waals surface area contributed by atoms with Crippen LogP contribution >= 0.6 is 34.3 Å². The maximum atomic E-state index is 12.0. The maximum absolute atomic E-state index is 12.0. The van der Waals surface area contributed by atoms with Gasteiger partial charge in [-0.2, -0.15) is 0 Å². The molecule has 0 N–H and O–H groups in total. The van der Waals surface area contributed by atoms with E-state index < -0.39 is 0 Å². The summed E-state index contributed by atoms with van der Waals surface area (Å²) in [5, 5.41) is 4.08. The first-order valence-corrected chi connectivity index (χ1v) is 8.52. The number of esters is 1. The summed E-state index contributed by atoms with van der Waals surface area (Å²) in [7, 11) is 0. The molecule has 0 spiro atoms. The van der Waals surface area contributed by atoms with E-state index in [2.05, 4.69) is 19.2 Å². The van der Waals surface area contributed by atoms with E-state index in [1.54, 1.807) is 46.9 Å². The lowest BCUT2D eigenvalue weighted by atomic mass is 10.1. The number of rotatable bonds is 3. The lowest BCUT2D eigenvalue weighted by Gasteiger charge is -2.04. The van der Waals surface area contributed by atoms with Gasteiger partial charge in [-0.1, -0.05) is 11.6 Å². The average Bonchev–Trinajstić information content (AvgIpc) is 2.98. The molecule has 0 aliphatic rings. The normalized spacial score (nSPS) is 11.0. The Bertz CT molecular complexity index is 800. The summed E-state index contributed by atoms with van der Waals surface area (Å²) in [5.41, 5.74) is 3.03. The SMILES string of the molecule is Cc1csc2sc(COC(=O)c3ccc(Cl)cc3)c(C)c12. The van der Waals surface area contributed by atoms with E-state index >= 15 is 0 Å². The van der Waals surface area contributed by atoms with Crippen LogP contribution in [-0.2, 0) is 11.3 Å². The van der Waals surface area contributed by atoms with Gasteiger partial charge in [-0.25, -0.2) is 4.79 Å². The van der Waals surface area contributed by atoms with Gasteiger partial charge in [0.05, 0.1) is 9.58 Å². The Morgan fingerprint density at radius 1 is 1.24 bits per heavy atom. The van der Waals surface area contributed by atoms with E-state index in [1.807, 2.05) is 0 Å². The molecule has 0 bridgehead atoms. The quantitative estimate of drug-likeness (QED) is 0.583. The van der Waals surface area contributed by atoms with Crippen molar-refractivity contribution < 1.29 is 9.53 Å². The third-order valence-electron chi connectivity index (χ3n) is 3.36. The molecule has 3 aromatic rings. The molecule has 0 atom stereocenters. The molecule has 2 nitrogen and oxygen atoms in total. The minimum Gasteiger partial charge on any atom is -0.456 e. The van der Waals surface area contributed by atoms with Gasteiger partial charge in [0.2, 0.25) is 0 Å². The first-order valence-electron chi connectivity index (χ1n) is 6.45. The third kappa shape index (κ3) is 2.84. The van der Waals surface area contributed by atoms with Crippen molar-refractivity contribution in [1.29, 1.82) is 0 Å². The van der Waals surface area contributed by atoms with Crippen molar-refractivity contribution in [3.63, 3.8) is 0 Å². The molecule has 0 aliphatic heterocycles. The molecule has 2 heterocycles. The lowest BCUT2D eigenvalue weighted by molar-refractivity contribution is 0.0476. The molecule has 0 saturated carbocycles. The largest absolute Gasteiger partial charge is 0.456 e. The number of halogens is 1. The summed E-state index contributed by atoms with van der Waals surface area (Å²) in [5.74, 6) is -0.320. The van der Waals surface area contributed by atoms with Crippen molar-refractivity contribution in [1.82, 2.24) is 0 Å². The molecule has 3 rings (SSSR count). The third-order valence-corrected chi connectivity index (χ3v) is 6.10. The first-order chi connectivity index (χ1) is 10.1. The number of thiophene rings is 2. The van der Waals surface area contributed by atoms with Crippen LogP contribution in [0.15, 0.2) is 29.6 Å². The smallest absolute Gasteiger partial charge is 0.338 e. The topological polar surface area (TPSA) is 26.3 Å². The monoisotopic (exact) mass is 336 g/mol. The molecular weight excluding hydrogens is 324 g/mol. The van der Waals surface area contributed by atoms with Crippen molar-refractivity contribution in [3.05, 3.63) is 56.2 Å². The number of carbonyl (C=O) groups is 1. The molecule has 0 fully saturated rings. The van der Waals surface area contributed by atoms with Gasteiger partial charge in [0.1, 0.15) is 6.61 Å². The van der Waals surface area contributed by atoms with Crippen molar-refractivity contribution >= 4 is 49.6 Å². The molecule has 1 aromatic carbocycles. The van der Waals surface area contributed by atoms with Crippen molar-refractivity contribution in [3.8, 4) is 0 Å². The molecule has 0 amide bonds. The lowest BCUT2D eigenvalue weighted by Crippen LogP contribution is -2.04. The van der Waals surface area contributed by atoms with E-state index in [0.29, 0.717) is 17.2 Å². The molecule has 0 aliphatic carbocycles. The number of carbonyl (C=O) groups excluding carboxylic acids is 1. The van der Waals surface area contributed by atoms with Crippen LogP contribution in [0.3, 0.4) is 0 Å². The Morgan fingerprint density at radius 3 is 2.62 bits per heavy atom. The van der Waals surface area contributed by atoms with Crippen LogP contribution in [0.4, 0.5) is 0 Å². The molecule has 0 unspecified atom stereocenters. The Kier molecular flexibility index (Phi) is 4.02. The number of hydrogen-bond acceptors (Lipinski definition) is 4. The predicted molar refractivity (Wildman–Crippen MR) is 89.7 cm³/mol. The summed E-state index contributed by atoms with van der Waals surface area (Å²) in [6, 6.07) is 6.73. The molecule has 0 saturated heterocycles. The highest BCUT2D eigenvalue weighted by Gasteiger charge is 2.14. The maximum Gasteiger partial charge on any atom is 0.338 e. The molecule has 21 heavy (non-hydrogen) atoms.